The molecule has 6 nitrogen and oxygen atoms in total. The van der Waals surface area contributed by atoms with Crippen LogP contribution in [0.3, 0.4) is 0 Å². The standard InChI is InChI=1S/C17H17N3O3S/c1-22-13-6-4-12(5-7-13)11-18-15(21)8-9-16-19-20-17(23-16)14-3-2-10-24-14/h2-7,10H,8-9,11H2,1H3,(H,18,21). The van der Waals surface area contributed by atoms with Gasteiger partial charge in [-0.1, -0.05) is 18.2 Å². The van der Waals surface area contributed by atoms with Crippen molar-refractivity contribution in [1.82, 2.24) is 15.5 Å². The predicted octanol–water partition coefficient (Wildman–Crippen LogP) is 3.06. The molecule has 0 saturated heterocycles. The molecule has 0 aliphatic rings. The van der Waals surface area contributed by atoms with Crippen molar-refractivity contribution in [1.29, 1.82) is 0 Å². The molecule has 0 bridgehead atoms. The van der Waals surface area contributed by atoms with Crippen molar-refractivity contribution < 1.29 is 13.9 Å². The third-order valence-corrected chi connectivity index (χ3v) is 4.27. The average molecular weight is 343 g/mol. The highest BCUT2D eigenvalue weighted by Crippen LogP contribution is 2.23. The molecular weight excluding hydrogens is 326 g/mol. The van der Waals surface area contributed by atoms with Gasteiger partial charge in [-0.05, 0) is 29.1 Å². The lowest BCUT2D eigenvalue weighted by Gasteiger charge is -2.05. The number of amides is 1. The first-order valence-corrected chi connectivity index (χ1v) is 8.38. The second-order valence-corrected chi connectivity index (χ2v) is 6.05. The minimum absolute atomic E-state index is 0.0540. The van der Waals surface area contributed by atoms with Gasteiger partial charge >= 0.3 is 0 Å². The SMILES string of the molecule is COc1ccc(CNC(=O)CCc2nnc(-c3cccs3)o2)cc1. The van der Waals surface area contributed by atoms with Gasteiger partial charge in [-0.3, -0.25) is 4.79 Å². The Hall–Kier alpha value is -2.67. The molecule has 2 heterocycles. The Balaban J connectivity index is 1.45. The number of ether oxygens (including phenoxy) is 1. The molecule has 24 heavy (non-hydrogen) atoms. The second kappa shape index (κ2) is 7.74. The van der Waals surface area contributed by atoms with Crippen molar-refractivity contribution in [3.63, 3.8) is 0 Å². The van der Waals surface area contributed by atoms with E-state index in [9.17, 15) is 4.79 Å². The van der Waals surface area contributed by atoms with Gasteiger partial charge in [0.1, 0.15) is 5.75 Å². The molecular formula is C17H17N3O3S. The van der Waals surface area contributed by atoms with Gasteiger partial charge in [0.2, 0.25) is 11.8 Å². The molecule has 0 aliphatic carbocycles. The van der Waals surface area contributed by atoms with E-state index in [1.54, 1.807) is 7.11 Å². The first-order valence-electron chi connectivity index (χ1n) is 7.50. The smallest absolute Gasteiger partial charge is 0.257 e. The zero-order valence-electron chi connectivity index (χ0n) is 13.2. The topological polar surface area (TPSA) is 77.2 Å². The molecule has 1 amide bonds. The van der Waals surface area contributed by atoms with Crippen LogP contribution in [0.25, 0.3) is 10.8 Å². The van der Waals surface area contributed by atoms with E-state index < -0.39 is 0 Å². The third kappa shape index (κ3) is 4.20. The quantitative estimate of drug-likeness (QED) is 0.713. The summed E-state index contributed by atoms with van der Waals surface area (Å²) in [7, 11) is 1.62. The molecule has 1 N–H and O–H groups in total. The molecule has 0 atom stereocenters. The highest BCUT2D eigenvalue weighted by atomic mass is 32.1. The van der Waals surface area contributed by atoms with Crippen LogP contribution in [0.1, 0.15) is 17.9 Å². The largest absolute Gasteiger partial charge is 0.497 e. The number of nitrogens with zero attached hydrogens (tertiary/aromatic N) is 2. The summed E-state index contributed by atoms with van der Waals surface area (Å²) in [4.78, 5) is 12.9. The van der Waals surface area contributed by atoms with Crippen molar-refractivity contribution in [3.8, 4) is 16.5 Å². The number of benzene rings is 1. The summed E-state index contributed by atoms with van der Waals surface area (Å²) in [6, 6.07) is 11.4. The predicted molar refractivity (Wildman–Crippen MR) is 90.8 cm³/mol. The van der Waals surface area contributed by atoms with Gasteiger partial charge in [0.15, 0.2) is 0 Å². The van der Waals surface area contributed by atoms with Gasteiger partial charge < -0.3 is 14.5 Å². The number of aryl methyl sites for hydroxylation is 1. The summed E-state index contributed by atoms with van der Waals surface area (Å²) in [6.07, 6.45) is 0.731. The summed E-state index contributed by atoms with van der Waals surface area (Å²) < 4.78 is 10.7. The van der Waals surface area contributed by atoms with Crippen LogP contribution >= 0.6 is 11.3 Å². The minimum Gasteiger partial charge on any atom is -0.497 e. The second-order valence-electron chi connectivity index (χ2n) is 5.10. The molecule has 3 aromatic rings. The van der Waals surface area contributed by atoms with E-state index in [1.165, 1.54) is 11.3 Å². The van der Waals surface area contributed by atoms with Crippen LogP contribution in [0.2, 0.25) is 0 Å². The van der Waals surface area contributed by atoms with Crippen molar-refractivity contribution >= 4 is 17.2 Å². The molecule has 0 spiro atoms. The van der Waals surface area contributed by atoms with E-state index in [0.717, 1.165) is 16.2 Å². The number of methoxy groups -OCH3 is 1. The van der Waals surface area contributed by atoms with E-state index in [4.69, 9.17) is 9.15 Å². The molecule has 0 aliphatic heterocycles. The number of hydrogen-bond donors (Lipinski definition) is 1. The van der Waals surface area contributed by atoms with Gasteiger partial charge in [0, 0.05) is 19.4 Å². The molecule has 1 aromatic carbocycles. The Morgan fingerprint density at radius 2 is 2.08 bits per heavy atom. The fourth-order valence-electron chi connectivity index (χ4n) is 2.11. The van der Waals surface area contributed by atoms with Crippen molar-refractivity contribution in [2.45, 2.75) is 19.4 Å². The normalized spacial score (nSPS) is 10.5. The van der Waals surface area contributed by atoms with Crippen molar-refractivity contribution in [2.24, 2.45) is 0 Å². The van der Waals surface area contributed by atoms with Crippen LogP contribution < -0.4 is 10.1 Å². The number of carbonyl (C=O) groups is 1. The first kappa shape index (κ1) is 16.2. The molecule has 2 aromatic heterocycles. The van der Waals surface area contributed by atoms with E-state index >= 15 is 0 Å². The van der Waals surface area contributed by atoms with E-state index in [0.29, 0.717) is 31.2 Å². The van der Waals surface area contributed by atoms with Crippen LogP contribution in [-0.4, -0.2) is 23.2 Å². The molecule has 0 saturated carbocycles. The molecule has 7 heteroatoms. The van der Waals surface area contributed by atoms with Gasteiger partial charge in [0.25, 0.3) is 5.89 Å². The van der Waals surface area contributed by atoms with Crippen LogP contribution in [0.15, 0.2) is 46.2 Å². The number of aromatic nitrogens is 2. The van der Waals surface area contributed by atoms with Crippen molar-refractivity contribution in [2.75, 3.05) is 7.11 Å². The maximum atomic E-state index is 11.9. The van der Waals surface area contributed by atoms with Gasteiger partial charge in [-0.25, -0.2) is 0 Å². The lowest BCUT2D eigenvalue weighted by Crippen LogP contribution is -2.23. The Bertz CT molecular complexity index is 782. The van der Waals surface area contributed by atoms with E-state index in [-0.39, 0.29) is 5.91 Å². The molecule has 0 fully saturated rings. The molecule has 3 rings (SSSR count). The summed E-state index contributed by atoms with van der Waals surface area (Å²) in [5.41, 5.74) is 1.02. The van der Waals surface area contributed by atoms with E-state index in [2.05, 4.69) is 15.5 Å². The molecule has 124 valence electrons. The lowest BCUT2D eigenvalue weighted by atomic mass is 10.2. The van der Waals surface area contributed by atoms with Gasteiger partial charge in [-0.15, -0.1) is 21.5 Å². The lowest BCUT2D eigenvalue weighted by molar-refractivity contribution is -0.121. The monoisotopic (exact) mass is 343 g/mol. The van der Waals surface area contributed by atoms with E-state index in [1.807, 2.05) is 41.8 Å². The highest BCUT2D eigenvalue weighted by Gasteiger charge is 2.11. The van der Waals surface area contributed by atoms with Gasteiger partial charge in [0.05, 0.1) is 12.0 Å². The van der Waals surface area contributed by atoms with Crippen LogP contribution in [0.5, 0.6) is 5.75 Å². The maximum Gasteiger partial charge on any atom is 0.257 e. The maximum absolute atomic E-state index is 11.9. The fraction of sp³-hybridized carbons (Fsp3) is 0.235. The first-order chi connectivity index (χ1) is 11.7. The summed E-state index contributed by atoms with van der Waals surface area (Å²) in [5, 5.41) is 12.8. The number of thiophene rings is 1. The Labute approximate surface area is 143 Å². The van der Waals surface area contributed by atoms with Crippen molar-refractivity contribution in [3.05, 3.63) is 53.2 Å². The van der Waals surface area contributed by atoms with Crippen LogP contribution in [-0.2, 0) is 17.8 Å². The number of rotatable bonds is 7. The highest BCUT2D eigenvalue weighted by molar-refractivity contribution is 7.13. The number of nitrogens with one attached hydrogen (secondary N) is 1. The Kier molecular flexibility index (Phi) is 5.22. The zero-order valence-corrected chi connectivity index (χ0v) is 14.0. The Morgan fingerprint density at radius 1 is 1.25 bits per heavy atom. The number of carbonyl (C=O) groups excluding carboxylic acids is 1. The third-order valence-electron chi connectivity index (χ3n) is 3.41. The van der Waals surface area contributed by atoms with Crippen LogP contribution in [0, 0.1) is 0 Å². The molecule has 0 radical (unpaired) electrons. The molecule has 0 unspecified atom stereocenters. The fourth-order valence-corrected chi connectivity index (χ4v) is 2.75. The average Bonchev–Trinajstić information content (AvgIpc) is 3.29. The summed E-state index contributed by atoms with van der Waals surface area (Å²) in [6.45, 7) is 0.479. The van der Waals surface area contributed by atoms with Crippen LogP contribution in [0.4, 0.5) is 0 Å². The summed E-state index contributed by atoms with van der Waals surface area (Å²) >= 11 is 1.54. The number of hydrogen-bond acceptors (Lipinski definition) is 6. The summed E-state index contributed by atoms with van der Waals surface area (Å²) in [5.74, 6) is 1.71. The zero-order chi connectivity index (χ0) is 16.8. The Morgan fingerprint density at radius 3 is 2.79 bits per heavy atom. The van der Waals surface area contributed by atoms with Gasteiger partial charge in [-0.2, -0.15) is 0 Å². The minimum atomic E-state index is -0.0540.